The monoisotopic (exact) mass is 276 g/mol. The SMILES string of the molecule is CC(O)(c1nccs1)c1nccs1.[Li][CH2]CCC. The van der Waals surface area contributed by atoms with E-state index in [1.807, 2.05) is 10.8 Å². The Morgan fingerprint density at radius 3 is 1.94 bits per heavy atom. The first-order chi connectivity index (χ1) is 8.62. The van der Waals surface area contributed by atoms with Crippen LogP contribution in [-0.2, 0) is 5.60 Å². The number of aliphatic hydroxyl groups is 1. The van der Waals surface area contributed by atoms with Crippen LogP contribution >= 0.6 is 22.7 Å². The normalized spacial score (nSPS) is 10.9. The standard InChI is InChI=1S/C8H8N2OS2.C4H9.Li/c1-8(11,6-9-2-4-12-6)7-10-3-5-13-7;1-3-4-2;/h2-5,11H,1H3;1,3-4H2,2H3;. The minimum absolute atomic E-state index is 0.683. The minimum atomic E-state index is -1.04. The van der Waals surface area contributed by atoms with E-state index in [1.165, 1.54) is 40.6 Å². The summed E-state index contributed by atoms with van der Waals surface area (Å²) >= 11 is 5.08. The number of thiazole rings is 2. The molecular weight excluding hydrogens is 259 g/mol. The van der Waals surface area contributed by atoms with Gasteiger partial charge in [-0.05, 0) is 6.92 Å². The van der Waals surface area contributed by atoms with Crippen molar-refractivity contribution in [1.82, 2.24) is 9.97 Å². The van der Waals surface area contributed by atoms with Crippen molar-refractivity contribution in [2.24, 2.45) is 0 Å². The van der Waals surface area contributed by atoms with Crippen LogP contribution < -0.4 is 0 Å². The molecule has 1 N–H and O–H groups in total. The summed E-state index contributed by atoms with van der Waals surface area (Å²) in [7, 11) is 0. The summed E-state index contributed by atoms with van der Waals surface area (Å²) in [4.78, 5) is 8.16. The zero-order valence-electron chi connectivity index (χ0n) is 11.1. The number of aromatic nitrogens is 2. The zero-order chi connectivity index (χ0) is 13.4. The van der Waals surface area contributed by atoms with Crippen LogP contribution in [0.3, 0.4) is 0 Å². The Kier molecular flexibility index (Phi) is 7.13. The van der Waals surface area contributed by atoms with Crippen molar-refractivity contribution in [3.8, 4) is 0 Å². The van der Waals surface area contributed by atoms with Crippen molar-refractivity contribution in [2.45, 2.75) is 37.4 Å². The number of nitrogens with zero attached hydrogens (tertiary/aromatic N) is 2. The van der Waals surface area contributed by atoms with Gasteiger partial charge in [0.05, 0.1) is 0 Å². The molecule has 0 aliphatic rings. The van der Waals surface area contributed by atoms with E-state index in [9.17, 15) is 5.11 Å². The van der Waals surface area contributed by atoms with Gasteiger partial charge in [-0.15, -0.1) is 22.7 Å². The molecule has 0 aliphatic carbocycles. The first kappa shape index (κ1) is 15.9. The van der Waals surface area contributed by atoms with E-state index in [-0.39, 0.29) is 0 Å². The van der Waals surface area contributed by atoms with Crippen molar-refractivity contribution in [2.75, 3.05) is 0 Å². The van der Waals surface area contributed by atoms with Crippen LogP contribution in [0, 0.1) is 0 Å². The van der Waals surface area contributed by atoms with Crippen LogP contribution in [0.5, 0.6) is 0 Å². The molecule has 2 aromatic rings. The van der Waals surface area contributed by atoms with Gasteiger partial charge in [0.25, 0.3) is 0 Å². The zero-order valence-corrected chi connectivity index (χ0v) is 12.7. The maximum absolute atomic E-state index is 10.1. The van der Waals surface area contributed by atoms with Gasteiger partial charge in [-0.2, -0.15) is 0 Å². The van der Waals surface area contributed by atoms with Gasteiger partial charge in [0, 0.05) is 23.2 Å². The molecule has 3 nitrogen and oxygen atoms in total. The van der Waals surface area contributed by atoms with E-state index in [0.717, 1.165) is 0 Å². The first-order valence-electron chi connectivity index (χ1n) is 6.15. The van der Waals surface area contributed by atoms with Gasteiger partial charge < -0.3 is 5.11 Å². The second-order valence-corrected chi connectivity index (χ2v) is 5.89. The van der Waals surface area contributed by atoms with Crippen molar-refractivity contribution >= 4 is 40.4 Å². The summed E-state index contributed by atoms with van der Waals surface area (Å²) in [6.07, 6.45) is 6.10. The average molecular weight is 276 g/mol. The van der Waals surface area contributed by atoms with Crippen LogP contribution in [0.25, 0.3) is 0 Å². The fourth-order valence-electron chi connectivity index (χ4n) is 1.37. The van der Waals surface area contributed by atoms with E-state index in [4.69, 9.17) is 0 Å². The van der Waals surface area contributed by atoms with Crippen LogP contribution in [-0.4, -0.2) is 32.8 Å². The number of unbranched alkanes of at least 4 members (excludes halogenated alkanes) is 1. The van der Waals surface area contributed by atoms with Crippen molar-refractivity contribution in [3.63, 3.8) is 0 Å². The molecule has 0 amide bonds. The molecule has 0 saturated heterocycles. The third-order valence-electron chi connectivity index (χ3n) is 2.40. The molecular formula is C12H17LiN2OS2. The van der Waals surface area contributed by atoms with E-state index in [0.29, 0.717) is 10.0 Å². The second kappa shape index (κ2) is 8.08. The van der Waals surface area contributed by atoms with E-state index < -0.39 is 5.60 Å². The first-order valence-corrected chi connectivity index (χ1v) is 7.91. The molecule has 0 unspecified atom stereocenters. The van der Waals surface area contributed by atoms with Crippen molar-refractivity contribution in [1.29, 1.82) is 0 Å². The molecule has 0 aromatic carbocycles. The molecule has 2 aromatic heterocycles. The number of rotatable bonds is 4. The summed E-state index contributed by atoms with van der Waals surface area (Å²) in [5, 5.41) is 16.5. The molecule has 0 atom stereocenters. The molecule has 0 saturated carbocycles. The molecule has 18 heavy (non-hydrogen) atoms. The van der Waals surface area contributed by atoms with Gasteiger partial charge in [-0.1, -0.05) is 0 Å². The van der Waals surface area contributed by atoms with E-state index >= 15 is 0 Å². The van der Waals surface area contributed by atoms with Gasteiger partial charge in [0.1, 0.15) is 10.0 Å². The van der Waals surface area contributed by atoms with Crippen LogP contribution in [0.4, 0.5) is 0 Å². The summed E-state index contributed by atoms with van der Waals surface area (Å²) in [5.41, 5.74) is -1.04. The quantitative estimate of drug-likeness (QED) is 0.872. The maximum atomic E-state index is 10.1. The molecule has 94 valence electrons. The van der Waals surface area contributed by atoms with Crippen molar-refractivity contribution in [3.05, 3.63) is 33.2 Å². The summed E-state index contributed by atoms with van der Waals surface area (Å²) < 4.78 is 0. The molecule has 0 bridgehead atoms. The Balaban J connectivity index is 0.000000280. The van der Waals surface area contributed by atoms with E-state index in [1.54, 1.807) is 19.3 Å². The second-order valence-electron chi connectivity index (χ2n) is 4.10. The number of hydrogen-bond donors (Lipinski definition) is 1. The third-order valence-corrected chi connectivity index (χ3v) is 4.37. The fourth-order valence-corrected chi connectivity index (χ4v) is 2.83. The summed E-state index contributed by atoms with van der Waals surface area (Å²) in [6.45, 7) is 3.92. The molecule has 0 spiro atoms. The Morgan fingerprint density at radius 2 is 1.72 bits per heavy atom. The van der Waals surface area contributed by atoms with Gasteiger partial charge in [-0.25, -0.2) is 9.97 Å². The van der Waals surface area contributed by atoms with Gasteiger partial charge in [0.2, 0.25) is 0 Å². The number of hydrogen-bond acceptors (Lipinski definition) is 5. The average Bonchev–Trinajstić information content (AvgIpc) is 3.05. The molecule has 2 heterocycles. The molecule has 0 radical (unpaired) electrons. The Labute approximate surface area is 126 Å². The third kappa shape index (κ3) is 4.49. The fraction of sp³-hybridized carbons (Fsp3) is 0.500. The van der Waals surface area contributed by atoms with Gasteiger partial charge in [0.15, 0.2) is 5.60 Å². The van der Waals surface area contributed by atoms with Crippen LogP contribution in [0.1, 0.15) is 36.7 Å². The molecule has 0 fully saturated rings. The van der Waals surface area contributed by atoms with Crippen LogP contribution in [0.2, 0.25) is 5.09 Å². The molecule has 0 aliphatic heterocycles. The Bertz CT molecular complexity index is 377. The summed E-state index contributed by atoms with van der Waals surface area (Å²) in [5.74, 6) is 0. The molecule has 6 heteroatoms. The Morgan fingerprint density at radius 1 is 1.22 bits per heavy atom. The predicted molar refractivity (Wildman–Crippen MR) is 78.4 cm³/mol. The Hall–Kier alpha value is -0.183. The molecule has 2 rings (SSSR count). The predicted octanol–water partition coefficient (Wildman–Crippen LogP) is 3.23. The van der Waals surface area contributed by atoms with Gasteiger partial charge in [-0.3, -0.25) is 0 Å². The van der Waals surface area contributed by atoms with Crippen molar-refractivity contribution < 1.29 is 5.11 Å². The van der Waals surface area contributed by atoms with Gasteiger partial charge >= 0.3 is 42.6 Å². The topological polar surface area (TPSA) is 46.0 Å². The van der Waals surface area contributed by atoms with E-state index in [2.05, 4.69) is 34.6 Å². The van der Waals surface area contributed by atoms with Crippen LogP contribution in [0.15, 0.2) is 23.2 Å². The summed E-state index contributed by atoms with van der Waals surface area (Å²) in [6, 6.07) is 0.